The van der Waals surface area contributed by atoms with Crippen molar-refractivity contribution < 1.29 is 28.2 Å². The molecular weight excluding hydrogens is 530 g/mol. The number of nitrogens with zero attached hydrogens (tertiary/aromatic N) is 2. The fourth-order valence-corrected chi connectivity index (χ4v) is 5.30. The number of rotatable bonds is 14. The number of likely N-dealkylation sites (tertiary alicyclic amines) is 1. The lowest BCUT2D eigenvalue weighted by Gasteiger charge is -2.36. The summed E-state index contributed by atoms with van der Waals surface area (Å²) in [5.74, 6) is -0.944. The highest BCUT2D eigenvalue weighted by Crippen LogP contribution is 2.20. The predicted octanol–water partition coefficient (Wildman–Crippen LogP) is 4.11. The van der Waals surface area contributed by atoms with Crippen molar-refractivity contribution in [1.82, 2.24) is 20.4 Å². The van der Waals surface area contributed by atoms with E-state index in [-0.39, 0.29) is 24.8 Å². The van der Waals surface area contributed by atoms with Gasteiger partial charge in [0.2, 0.25) is 5.91 Å². The number of aliphatic hydroxyl groups is 1. The zero-order valence-corrected chi connectivity index (χ0v) is 24.4. The van der Waals surface area contributed by atoms with Gasteiger partial charge in [-0.3, -0.25) is 4.79 Å². The van der Waals surface area contributed by atoms with E-state index in [4.69, 9.17) is 4.74 Å². The van der Waals surface area contributed by atoms with Gasteiger partial charge >= 0.3 is 6.03 Å². The molecule has 1 aliphatic rings. The molecule has 0 spiro atoms. The Morgan fingerprint density at radius 3 is 2.46 bits per heavy atom. The summed E-state index contributed by atoms with van der Waals surface area (Å²) in [5, 5.41) is 17.2. The number of piperidine rings is 1. The van der Waals surface area contributed by atoms with Crippen molar-refractivity contribution in [3.8, 4) is 5.75 Å². The van der Waals surface area contributed by atoms with E-state index < -0.39 is 29.8 Å². The number of hydrogen-bond acceptors (Lipinski definition) is 5. The molecule has 1 fully saturated rings. The number of halogens is 2. The van der Waals surface area contributed by atoms with Crippen molar-refractivity contribution in [2.75, 3.05) is 39.8 Å². The highest BCUT2D eigenvalue weighted by molar-refractivity contribution is 5.81. The van der Waals surface area contributed by atoms with Gasteiger partial charge in [0, 0.05) is 45.3 Å². The molecular formula is C31H44F2N4O4. The normalized spacial score (nSPS) is 16.6. The van der Waals surface area contributed by atoms with Crippen LogP contribution in [0.1, 0.15) is 50.7 Å². The van der Waals surface area contributed by atoms with E-state index in [1.165, 1.54) is 12.1 Å². The molecule has 0 saturated carbocycles. The maximum absolute atomic E-state index is 13.9. The van der Waals surface area contributed by atoms with Crippen molar-refractivity contribution in [3.63, 3.8) is 0 Å². The first-order valence-electron chi connectivity index (χ1n) is 14.5. The van der Waals surface area contributed by atoms with E-state index in [0.717, 1.165) is 30.9 Å². The van der Waals surface area contributed by atoms with Gasteiger partial charge in [0.15, 0.2) is 0 Å². The lowest BCUT2D eigenvalue weighted by Crippen LogP contribution is -2.55. The minimum absolute atomic E-state index is 0.0272. The quantitative estimate of drug-likeness (QED) is 0.316. The number of methoxy groups -OCH3 is 1. The Kier molecular flexibility index (Phi) is 12.8. The Labute approximate surface area is 242 Å². The monoisotopic (exact) mass is 574 g/mol. The van der Waals surface area contributed by atoms with Crippen LogP contribution in [0.4, 0.5) is 13.6 Å². The van der Waals surface area contributed by atoms with E-state index in [1.807, 2.05) is 43.0 Å². The summed E-state index contributed by atoms with van der Waals surface area (Å²) in [6, 6.07) is 9.46. The van der Waals surface area contributed by atoms with Gasteiger partial charge in [0.1, 0.15) is 17.4 Å². The van der Waals surface area contributed by atoms with Gasteiger partial charge in [-0.2, -0.15) is 0 Å². The molecule has 10 heteroatoms. The summed E-state index contributed by atoms with van der Waals surface area (Å²) in [7, 11) is 1.59. The van der Waals surface area contributed by atoms with Crippen LogP contribution < -0.4 is 15.4 Å². The minimum Gasteiger partial charge on any atom is -0.497 e. The highest BCUT2D eigenvalue weighted by atomic mass is 19.1. The molecule has 3 atom stereocenters. The second-order valence-corrected chi connectivity index (χ2v) is 10.7. The van der Waals surface area contributed by atoms with Crippen molar-refractivity contribution in [3.05, 3.63) is 65.2 Å². The first kappa shape index (κ1) is 32.3. The van der Waals surface area contributed by atoms with Gasteiger partial charge < -0.3 is 30.3 Å². The zero-order valence-electron chi connectivity index (χ0n) is 24.4. The molecule has 3 rings (SSSR count). The van der Waals surface area contributed by atoms with Gasteiger partial charge in [-0.05, 0) is 67.5 Å². The van der Waals surface area contributed by atoms with Crippen LogP contribution in [-0.2, 0) is 17.8 Å². The molecule has 226 valence electrons. The fraction of sp³-hybridized carbons (Fsp3) is 0.548. The van der Waals surface area contributed by atoms with Gasteiger partial charge in [-0.25, -0.2) is 13.6 Å². The first-order chi connectivity index (χ1) is 19.7. The van der Waals surface area contributed by atoms with E-state index in [2.05, 4.69) is 10.6 Å². The molecule has 1 aliphatic heterocycles. The SMILES string of the molecule is CCCN(CCC)C(=O)C1CCCN(C(=O)NC(Cc2cc(F)cc(F)c2)C(O)CNCc2cccc(OC)c2)C1. The van der Waals surface area contributed by atoms with Crippen molar-refractivity contribution in [1.29, 1.82) is 0 Å². The third-order valence-corrected chi connectivity index (χ3v) is 7.32. The second-order valence-electron chi connectivity index (χ2n) is 10.7. The van der Waals surface area contributed by atoms with Crippen molar-refractivity contribution >= 4 is 11.9 Å². The highest BCUT2D eigenvalue weighted by Gasteiger charge is 2.32. The van der Waals surface area contributed by atoms with Crippen LogP contribution in [0.2, 0.25) is 0 Å². The molecule has 2 aromatic carbocycles. The van der Waals surface area contributed by atoms with E-state index in [0.29, 0.717) is 50.5 Å². The molecule has 1 saturated heterocycles. The standard InChI is InChI=1S/C31H44F2N4O4/c1-4-11-36(12-5-2)30(39)24-9-7-13-37(21-24)31(40)35-28(17-23-14-25(32)18-26(33)15-23)29(38)20-34-19-22-8-6-10-27(16-22)41-3/h6,8,10,14-16,18,24,28-29,34,38H,4-5,7,9,11-13,17,19-21H2,1-3H3,(H,35,40). The molecule has 0 aromatic heterocycles. The number of amides is 3. The summed E-state index contributed by atoms with van der Waals surface area (Å²) in [6.45, 7) is 6.82. The zero-order chi connectivity index (χ0) is 29.8. The summed E-state index contributed by atoms with van der Waals surface area (Å²) in [6.07, 6.45) is 2.13. The average molecular weight is 575 g/mol. The number of urea groups is 1. The Balaban J connectivity index is 1.68. The number of ether oxygens (including phenoxy) is 1. The largest absolute Gasteiger partial charge is 0.497 e. The summed E-state index contributed by atoms with van der Waals surface area (Å²) < 4.78 is 33.1. The number of nitrogens with one attached hydrogen (secondary N) is 2. The van der Waals surface area contributed by atoms with Crippen molar-refractivity contribution in [2.45, 2.75) is 64.6 Å². The molecule has 2 aromatic rings. The first-order valence-corrected chi connectivity index (χ1v) is 14.5. The number of aliphatic hydroxyl groups excluding tert-OH is 1. The molecule has 3 N–H and O–H groups in total. The number of carbonyl (C=O) groups is 2. The van der Waals surface area contributed by atoms with Crippen LogP contribution in [0.25, 0.3) is 0 Å². The molecule has 0 bridgehead atoms. The maximum Gasteiger partial charge on any atom is 0.317 e. The maximum atomic E-state index is 13.9. The van der Waals surface area contributed by atoms with Crippen LogP contribution in [0, 0.1) is 17.6 Å². The van der Waals surface area contributed by atoms with Crippen LogP contribution in [0.5, 0.6) is 5.75 Å². The minimum atomic E-state index is -1.05. The average Bonchev–Trinajstić information content (AvgIpc) is 2.96. The van der Waals surface area contributed by atoms with E-state index >= 15 is 0 Å². The smallest absolute Gasteiger partial charge is 0.317 e. The predicted molar refractivity (Wildman–Crippen MR) is 155 cm³/mol. The van der Waals surface area contributed by atoms with Gasteiger partial charge in [-0.1, -0.05) is 26.0 Å². The summed E-state index contributed by atoms with van der Waals surface area (Å²) in [5.41, 5.74) is 1.27. The lowest BCUT2D eigenvalue weighted by atomic mass is 9.96. The van der Waals surface area contributed by atoms with Gasteiger partial charge in [0.25, 0.3) is 0 Å². The number of carbonyl (C=O) groups excluding carboxylic acids is 2. The summed E-state index contributed by atoms with van der Waals surface area (Å²) >= 11 is 0. The molecule has 3 amide bonds. The Bertz CT molecular complexity index is 1110. The third-order valence-electron chi connectivity index (χ3n) is 7.32. The molecule has 3 unspecified atom stereocenters. The van der Waals surface area contributed by atoms with E-state index in [1.54, 1.807) is 12.0 Å². The fourth-order valence-electron chi connectivity index (χ4n) is 5.30. The van der Waals surface area contributed by atoms with Gasteiger partial charge in [-0.15, -0.1) is 0 Å². The number of hydrogen-bond donors (Lipinski definition) is 3. The topological polar surface area (TPSA) is 94.1 Å². The summed E-state index contributed by atoms with van der Waals surface area (Å²) in [4.78, 5) is 30.1. The van der Waals surface area contributed by atoms with Crippen LogP contribution in [0.3, 0.4) is 0 Å². The molecule has 0 radical (unpaired) electrons. The third kappa shape index (κ3) is 9.97. The molecule has 41 heavy (non-hydrogen) atoms. The van der Waals surface area contributed by atoms with E-state index in [9.17, 15) is 23.5 Å². The second kappa shape index (κ2) is 16.3. The van der Waals surface area contributed by atoms with Crippen molar-refractivity contribution in [2.24, 2.45) is 5.92 Å². The molecule has 0 aliphatic carbocycles. The molecule has 8 nitrogen and oxygen atoms in total. The Morgan fingerprint density at radius 1 is 1.10 bits per heavy atom. The Morgan fingerprint density at radius 2 is 1.80 bits per heavy atom. The van der Waals surface area contributed by atoms with Crippen LogP contribution in [0.15, 0.2) is 42.5 Å². The lowest BCUT2D eigenvalue weighted by molar-refractivity contribution is -0.137. The van der Waals surface area contributed by atoms with Crippen LogP contribution in [-0.4, -0.2) is 78.8 Å². The Hall–Kier alpha value is -3.24. The van der Waals surface area contributed by atoms with Gasteiger partial charge in [0.05, 0.1) is 25.2 Å². The molecule has 1 heterocycles. The van der Waals surface area contributed by atoms with Crippen LogP contribution >= 0.6 is 0 Å². The number of benzene rings is 2.